The van der Waals surface area contributed by atoms with E-state index >= 15 is 0 Å². The van der Waals surface area contributed by atoms with Crippen molar-refractivity contribution < 1.29 is 23.8 Å². The van der Waals surface area contributed by atoms with E-state index in [-0.39, 0.29) is 25.6 Å². The molecule has 1 aliphatic rings. The van der Waals surface area contributed by atoms with Crippen LogP contribution < -0.4 is 5.32 Å². The molecule has 0 saturated carbocycles. The highest BCUT2D eigenvalue weighted by atomic mass is 19.1. The summed E-state index contributed by atoms with van der Waals surface area (Å²) in [6.45, 7) is 3.23. The van der Waals surface area contributed by atoms with Crippen molar-refractivity contribution in [1.82, 2.24) is 10.2 Å². The van der Waals surface area contributed by atoms with Crippen molar-refractivity contribution in [3.63, 3.8) is 0 Å². The molecular weight excluding hydrogens is 363 g/mol. The van der Waals surface area contributed by atoms with Crippen LogP contribution in [0, 0.1) is 12.7 Å². The quantitative estimate of drug-likeness (QED) is 0.717. The Morgan fingerprint density at radius 2 is 1.86 bits per heavy atom. The van der Waals surface area contributed by atoms with Gasteiger partial charge in [0.25, 0.3) is 5.91 Å². The van der Waals surface area contributed by atoms with Crippen LogP contribution >= 0.6 is 0 Å². The predicted molar refractivity (Wildman–Crippen MR) is 101 cm³/mol. The van der Waals surface area contributed by atoms with Gasteiger partial charge in [0.2, 0.25) is 0 Å². The third-order valence-electron chi connectivity index (χ3n) is 4.82. The lowest BCUT2D eigenvalue weighted by molar-refractivity contribution is -0.132. The summed E-state index contributed by atoms with van der Waals surface area (Å²) < 4.78 is 18.9. The summed E-state index contributed by atoms with van der Waals surface area (Å²) in [7, 11) is 0. The zero-order valence-corrected chi connectivity index (χ0v) is 15.8. The maximum Gasteiger partial charge on any atom is 0.325 e. The highest BCUT2D eigenvalue weighted by Gasteiger charge is 2.49. The molecule has 1 fully saturated rings. The SMILES string of the molecule is Cc1ccc([C@]2(C)NC(=O)N(C[C@H](O)COCc3ccccc3F)C2=O)cc1. The Kier molecular flexibility index (Phi) is 5.76. The van der Waals surface area contributed by atoms with Crippen LogP contribution in [0.1, 0.15) is 23.6 Å². The Bertz CT molecular complexity index is 871. The fourth-order valence-electron chi connectivity index (χ4n) is 3.13. The van der Waals surface area contributed by atoms with Gasteiger partial charge in [-0.3, -0.25) is 9.69 Å². The Labute approximate surface area is 162 Å². The first-order chi connectivity index (χ1) is 13.3. The summed E-state index contributed by atoms with van der Waals surface area (Å²) in [4.78, 5) is 26.1. The smallest absolute Gasteiger partial charge is 0.325 e. The number of aliphatic hydroxyl groups is 1. The molecular formula is C21H23FN2O4. The van der Waals surface area contributed by atoms with Crippen molar-refractivity contribution in [2.45, 2.75) is 32.1 Å². The third-order valence-corrected chi connectivity index (χ3v) is 4.82. The number of amides is 3. The van der Waals surface area contributed by atoms with Crippen LogP contribution in [-0.2, 0) is 21.7 Å². The number of hydrogen-bond acceptors (Lipinski definition) is 4. The fraction of sp³-hybridized carbons (Fsp3) is 0.333. The predicted octanol–water partition coefficient (Wildman–Crippen LogP) is 2.48. The van der Waals surface area contributed by atoms with Gasteiger partial charge < -0.3 is 15.2 Å². The van der Waals surface area contributed by atoms with E-state index in [4.69, 9.17) is 4.74 Å². The van der Waals surface area contributed by atoms with Gasteiger partial charge in [0.1, 0.15) is 11.4 Å². The molecule has 1 saturated heterocycles. The standard InChI is InChI=1S/C21H23FN2O4/c1-14-7-9-16(10-8-14)21(2)19(26)24(20(27)23-21)11-17(25)13-28-12-15-5-3-4-6-18(15)22/h3-10,17,25H,11-13H2,1-2H3,(H,23,27)/t17-,21-/m0/s1. The molecule has 0 unspecified atom stereocenters. The van der Waals surface area contributed by atoms with E-state index in [0.29, 0.717) is 11.1 Å². The van der Waals surface area contributed by atoms with E-state index in [1.165, 1.54) is 6.07 Å². The maximum absolute atomic E-state index is 13.6. The summed E-state index contributed by atoms with van der Waals surface area (Å²) in [5.74, 6) is -0.825. The van der Waals surface area contributed by atoms with E-state index in [1.54, 1.807) is 37.3 Å². The largest absolute Gasteiger partial charge is 0.389 e. The molecule has 0 aliphatic carbocycles. The number of nitrogens with zero attached hydrogens (tertiary/aromatic N) is 1. The van der Waals surface area contributed by atoms with E-state index in [1.807, 2.05) is 19.1 Å². The zero-order valence-electron chi connectivity index (χ0n) is 15.8. The fourth-order valence-corrected chi connectivity index (χ4v) is 3.13. The number of aliphatic hydroxyl groups excluding tert-OH is 1. The number of carbonyl (C=O) groups excluding carboxylic acids is 2. The van der Waals surface area contributed by atoms with E-state index in [2.05, 4.69) is 5.32 Å². The molecule has 0 radical (unpaired) electrons. The molecule has 0 aromatic heterocycles. The number of rotatable bonds is 7. The second-order valence-electron chi connectivity index (χ2n) is 7.10. The van der Waals surface area contributed by atoms with Gasteiger partial charge in [-0.15, -0.1) is 0 Å². The van der Waals surface area contributed by atoms with E-state index in [9.17, 15) is 19.1 Å². The highest BCUT2D eigenvalue weighted by molar-refractivity contribution is 6.07. The molecule has 7 heteroatoms. The molecule has 2 aromatic rings. The number of imide groups is 1. The van der Waals surface area contributed by atoms with Crippen LogP contribution in [0.5, 0.6) is 0 Å². The molecule has 3 amide bonds. The lowest BCUT2D eigenvalue weighted by Crippen LogP contribution is -2.42. The number of carbonyl (C=O) groups is 2. The van der Waals surface area contributed by atoms with Crippen molar-refractivity contribution in [3.05, 3.63) is 71.0 Å². The molecule has 28 heavy (non-hydrogen) atoms. The van der Waals surface area contributed by atoms with Gasteiger partial charge in [-0.25, -0.2) is 9.18 Å². The first kappa shape index (κ1) is 20.0. The number of halogens is 1. The minimum atomic E-state index is -1.18. The van der Waals surface area contributed by atoms with Crippen LogP contribution in [-0.4, -0.2) is 41.2 Å². The number of hydrogen-bond donors (Lipinski definition) is 2. The molecule has 148 valence electrons. The maximum atomic E-state index is 13.6. The number of β-amino-alcohol motifs (C(OH)–C–C–N with tert-alkyl or cyclic N) is 1. The van der Waals surface area contributed by atoms with Gasteiger partial charge in [-0.1, -0.05) is 48.0 Å². The van der Waals surface area contributed by atoms with E-state index < -0.39 is 23.6 Å². The van der Waals surface area contributed by atoms with Crippen molar-refractivity contribution in [1.29, 1.82) is 0 Å². The van der Waals surface area contributed by atoms with Gasteiger partial charge in [0.15, 0.2) is 0 Å². The number of urea groups is 1. The summed E-state index contributed by atoms with van der Waals surface area (Å²) in [6.07, 6.45) is -1.08. The average molecular weight is 386 g/mol. The second kappa shape index (κ2) is 8.08. The molecule has 6 nitrogen and oxygen atoms in total. The number of ether oxygens (including phenoxy) is 1. The Balaban J connectivity index is 1.59. The lowest BCUT2D eigenvalue weighted by Gasteiger charge is -2.23. The van der Waals surface area contributed by atoms with E-state index in [0.717, 1.165) is 10.5 Å². The minimum Gasteiger partial charge on any atom is -0.389 e. The molecule has 1 aliphatic heterocycles. The van der Waals surface area contributed by atoms with Crippen LogP contribution in [0.15, 0.2) is 48.5 Å². The van der Waals surface area contributed by atoms with Gasteiger partial charge in [0, 0.05) is 5.56 Å². The van der Waals surface area contributed by atoms with Crippen molar-refractivity contribution >= 4 is 11.9 Å². The van der Waals surface area contributed by atoms with Crippen LogP contribution in [0.3, 0.4) is 0 Å². The van der Waals surface area contributed by atoms with Crippen molar-refractivity contribution in [2.24, 2.45) is 0 Å². The molecule has 2 atom stereocenters. The summed E-state index contributed by atoms with van der Waals surface area (Å²) in [5, 5.41) is 12.9. The number of nitrogens with one attached hydrogen (secondary N) is 1. The van der Waals surface area contributed by atoms with Crippen molar-refractivity contribution in [3.8, 4) is 0 Å². The summed E-state index contributed by atoms with van der Waals surface area (Å²) in [5.41, 5.74) is 0.905. The van der Waals surface area contributed by atoms with Gasteiger partial charge in [-0.2, -0.15) is 0 Å². The summed E-state index contributed by atoms with van der Waals surface area (Å²) >= 11 is 0. The van der Waals surface area contributed by atoms with Gasteiger partial charge in [0.05, 0.1) is 25.9 Å². The normalized spacial score (nSPS) is 20.4. The molecule has 0 bridgehead atoms. The van der Waals surface area contributed by atoms with Gasteiger partial charge in [-0.05, 0) is 25.5 Å². The Hall–Kier alpha value is -2.77. The molecule has 2 N–H and O–H groups in total. The molecule has 3 rings (SSSR count). The summed E-state index contributed by atoms with van der Waals surface area (Å²) in [6, 6.07) is 13.0. The molecule has 1 heterocycles. The Morgan fingerprint density at radius 3 is 2.54 bits per heavy atom. The lowest BCUT2D eigenvalue weighted by atomic mass is 9.91. The first-order valence-electron chi connectivity index (χ1n) is 9.01. The van der Waals surface area contributed by atoms with Crippen LogP contribution in [0.25, 0.3) is 0 Å². The van der Waals surface area contributed by atoms with Crippen LogP contribution in [0.4, 0.5) is 9.18 Å². The third kappa shape index (κ3) is 4.05. The number of aryl methyl sites for hydroxylation is 1. The van der Waals surface area contributed by atoms with Crippen molar-refractivity contribution in [2.75, 3.05) is 13.2 Å². The molecule has 0 spiro atoms. The molecule has 2 aromatic carbocycles. The highest BCUT2D eigenvalue weighted by Crippen LogP contribution is 2.29. The first-order valence-corrected chi connectivity index (χ1v) is 9.01. The zero-order chi connectivity index (χ0) is 20.3. The van der Waals surface area contributed by atoms with Crippen LogP contribution in [0.2, 0.25) is 0 Å². The minimum absolute atomic E-state index is 0.00897. The van der Waals surface area contributed by atoms with Gasteiger partial charge >= 0.3 is 6.03 Å². The Morgan fingerprint density at radius 1 is 1.18 bits per heavy atom. The topological polar surface area (TPSA) is 78.9 Å². The number of benzene rings is 2. The monoisotopic (exact) mass is 386 g/mol. The average Bonchev–Trinajstić information content (AvgIpc) is 2.88. The second-order valence-corrected chi connectivity index (χ2v) is 7.10.